The molecule has 0 bridgehead atoms. The monoisotopic (exact) mass is 406 g/mol. The van der Waals surface area contributed by atoms with Crippen LogP contribution in [0.3, 0.4) is 0 Å². The van der Waals surface area contributed by atoms with E-state index in [4.69, 9.17) is 10.2 Å². The van der Waals surface area contributed by atoms with Crippen LogP contribution in [0.25, 0.3) is 11.0 Å². The van der Waals surface area contributed by atoms with Gasteiger partial charge in [-0.05, 0) is 42.7 Å². The zero-order valence-corrected chi connectivity index (χ0v) is 15.9. The molecule has 8 heteroatoms. The highest BCUT2D eigenvalue weighted by molar-refractivity contribution is 8.13. The Balaban J connectivity index is 1.90. The molecule has 2 aromatic carbocycles. The van der Waals surface area contributed by atoms with Crippen LogP contribution < -0.4 is 11.4 Å². The van der Waals surface area contributed by atoms with Gasteiger partial charge in [0.05, 0.1) is 11.3 Å². The molecule has 0 saturated carbocycles. The largest absolute Gasteiger partial charge is 0.422 e. The van der Waals surface area contributed by atoms with Gasteiger partial charge in [0, 0.05) is 17.2 Å². The van der Waals surface area contributed by atoms with Crippen molar-refractivity contribution in [3.8, 4) is 0 Å². The fraction of sp³-hybridized carbons (Fsp3) is 0.200. The van der Waals surface area contributed by atoms with E-state index in [1.807, 2.05) is 26.0 Å². The minimum Gasteiger partial charge on any atom is -0.422 e. The molecule has 0 aliphatic rings. The van der Waals surface area contributed by atoms with Gasteiger partial charge in [0.2, 0.25) is 0 Å². The third kappa shape index (κ3) is 4.22. The number of hydrogen-bond donors (Lipinski definition) is 1. The van der Waals surface area contributed by atoms with Gasteiger partial charge in [-0.25, -0.2) is 9.79 Å². The van der Waals surface area contributed by atoms with E-state index < -0.39 is 17.4 Å². The molecule has 146 valence electrons. The number of halogens is 3. The van der Waals surface area contributed by atoms with E-state index >= 15 is 0 Å². The fourth-order valence-corrected chi connectivity index (χ4v) is 3.46. The predicted octanol–water partition coefficient (Wildman–Crippen LogP) is 5.31. The summed E-state index contributed by atoms with van der Waals surface area (Å²) in [5, 5.41) is 0.737. The molecule has 0 unspecified atom stereocenters. The van der Waals surface area contributed by atoms with Gasteiger partial charge in [-0.3, -0.25) is 0 Å². The maximum Gasteiger partial charge on any atom is 0.418 e. The highest BCUT2D eigenvalue weighted by atomic mass is 32.2. The fourth-order valence-electron chi connectivity index (χ4n) is 2.76. The molecule has 0 aliphatic heterocycles. The molecule has 0 fully saturated rings. The van der Waals surface area contributed by atoms with Crippen molar-refractivity contribution >= 4 is 33.6 Å². The van der Waals surface area contributed by atoms with Crippen molar-refractivity contribution in [2.45, 2.75) is 25.8 Å². The second-order valence-corrected chi connectivity index (χ2v) is 7.22. The number of nitrogens with two attached hydrogens (primary N) is 1. The molecule has 1 heterocycles. The van der Waals surface area contributed by atoms with Crippen LogP contribution in [0.4, 0.5) is 18.9 Å². The predicted molar refractivity (Wildman–Crippen MR) is 106 cm³/mol. The highest BCUT2D eigenvalue weighted by Crippen LogP contribution is 2.36. The van der Waals surface area contributed by atoms with Crippen molar-refractivity contribution in [2.75, 3.05) is 0 Å². The van der Waals surface area contributed by atoms with Crippen LogP contribution in [0, 0.1) is 13.8 Å². The topological polar surface area (TPSA) is 68.6 Å². The first-order valence-electron chi connectivity index (χ1n) is 8.33. The third-order valence-corrected chi connectivity index (χ3v) is 5.18. The molecule has 3 rings (SSSR count). The van der Waals surface area contributed by atoms with Crippen LogP contribution >= 0.6 is 11.8 Å². The van der Waals surface area contributed by atoms with E-state index in [0.717, 1.165) is 34.3 Å². The SMILES string of the molecule is Cc1ccc2c(CSC(N)=Nc3ccccc3C(F)(F)F)cc(=O)oc2c1C. The summed E-state index contributed by atoms with van der Waals surface area (Å²) in [7, 11) is 0. The minimum absolute atomic E-state index is 0.0260. The van der Waals surface area contributed by atoms with Gasteiger partial charge in [0.15, 0.2) is 5.17 Å². The summed E-state index contributed by atoms with van der Waals surface area (Å²) in [6.45, 7) is 3.78. The molecule has 4 nitrogen and oxygen atoms in total. The molecule has 0 spiro atoms. The lowest BCUT2D eigenvalue weighted by molar-refractivity contribution is -0.137. The molecular weight excluding hydrogens is 389 g/mol. The minimum atomic E-state index is -4.52. The normalized spacial score (nSPS) is 12.5. The molecule has 0 amide bonds. The third-order valence-electron chi connectivity index (χ3n) is 4.33. The number of para-hydroxylation sites is 1. The van der Waals surface area contributed by atoms with Crippen molar-refractivity contribution in [3.63, 3.8) is 0 Å². The van der Waals surface area contributed by atoms with Gasteiger partial charge in [-0.15, -0.1) is 0 Å². The Morgan fingerprint density at radius 3 is 2.61 bits per heavy atom. The van der Waals surface area contributed by atoms with Crippen molar-refractivity contribution in [3.05, 3.63) is 75.1 Å². The number of aryl methyl sites for hydroxylation is 2. The summed E-state index contributed by atoms with van der Waals surface area (Å²) in [5.41, 5.74) is 7.29. The molecule has 0 radical (unpaired) electrons. The highest BCUT2D eigenvalue weighted by Gasteiger charge is 2.33. The maximum absolute atomic E-state index is 13.1. The lowest BCUT2D eigenvalue weighted by atomic mass is 10.0. The van der Waals surface area contributed by atoms with E-state index in [-0.39, 0.29) is 16.6 Å². The Labute approximate surface area is 163 Å². The number of hydrogen-bond acceptors (Lipinski definition) is 4. The Hall–Kier alpha value is -2.74. The van der Waals surface area contributed by atoms with E-state index in [9.17, 15) is 18.0 Å². The second-order valence-electron chi connectivity index (χ2n) is 6.23. The number of amidine groups is 1. The first kappa shape index (κ1) is 20.0. The smallest absolute Gasteiger partial charge is 0.418 e. The Morgan fingerprint density at radius 2 is 1.89 bits per heavy atom. The lowest BCUT2D eigenvalue weighted by Gasteiger charge is -2.10. The van der Waals surface area contributed by atoms with Crippen molar-refractivity contribution < 1.29 is 17.6 Å². The lowest BCUT2D eigenvalue weighted by Crippen LogP contribution is -2.10. The van der Waals surface area contributed by atoms with Gasteiger partial charge in [-0.2, -0.15) is 13.2 Å². The van der Waals surface area contributed by atoms with E-state index in [1.165, 1.54) is 24.3 Å². The average Bonchev–Trinajstić information content (AvgIpc) is 2.62. The first-order valence-corrected chi connectivity index (χ1v) is 9.31. The zero-order valence-electron chi connectivity index (χ0n) is 15.1. The van der Waals surface area contributed by atoms with Crippen LogP contribution in [0.1, 0.15) is 22.3 Å². The zero-order chi connectivity index (χ0) is 20.5. The second kappa shape index (κ2) is 7.71. The molecule has 0 atom stereocenters. The van der Waals surface area contributed by atoms with Crippen LogP contribution in [0.2, 0.25) is 0 Å². The Bertz CT molecular complexity index is 1120. The summed E-state index contributed by atoms with van der Waals surface area (Å²) >= 11 is 1.06. The number of nitrogens with zero attached hydrogens (tertiary/aromatic N) is 1. The average molecular weight is 406 g/mol. The van der Waals surface area contributed by atoms with Crippen LogP contribution in [0.15, 0.2) is 56.7 Å². The van der Waals surface area contributed by atoms with Crippen molar-refractivity contribution in [1.82, 2.24) is 0 Å². The summed E-state index contributed by atoms with van der Waals surface area (Å²) in [6, 6.07) is 10.1. The summed E-state index contributed by atoms with van der Waals surface area (Å²) < 4.78 is 44.5. The first-order chi connectivity index (χ1) is 13.2. The standard InChI is InChI=1S/C20H17F3N2O2S/c1-11-7-8-14-13(9-17(26)27-18(14)12(11)2)10-28-19(24)25-16-6-4-3-5-15(16)20(21,22)23/h3-9H,10H2,1-2H3,(H2,24,25). The molecule has 3 aromatic rings. The van der Waals surface area contributed by atoms with Crippen molar-refractivity contribution in [1.29, 1.82) is 0 Å². The molecule has 1 aromatic heterocycles. The van der Waals surface area contributed by atoms with Gasteiger partial charge in [0.1, 0.15) is 5.58 Å². The van der Waals surface area contributed by atoms with Crippen LogP contribution in [-0.4, -0.2) is 5.17 Å². The molecular formula is C20H17F3N2O2S. The number of fused-ring (bicyclic) bond motifs is 1. The van der Waals surface area contributed by atoms with Crippen LogP contribution in [0.5, 0.6) is 0 Å². The summed E-state index contributed by atoms with van der Waals surface area (Å²) in [6.07, 6.45) is -4.52. The van der Waals surface area contributed by atoms with Gasteiger partial charge >= 0.3 is 11.8 Å². The van der Waals surface area contributed by atoms with E-state index in [2.05, 4.69) is 4.99 Å². The Kier molecular flexibility index (Phi) is 5.51. The number of rotatable bonds is 3. The number of thioether (sulfide) groups is 1. The van der Waals surface area contributed by atoms with Gasteiger partial charge in [-0.1, -0.05) is 36.0 Å². The number of aliphatic imine (C=N–C) groups is 1. The van der Waals surface area contributed by atoms with Gasteiger partial charge in [0.25, 0.3) is 0 Å². The summed E-state index contributed by atoms with van der Waals surface area (Å²) in [4.78, 5) is 15.8. The van der Waals surface area contributed by atoms with Gasteiger partial charge < -0.3 is 10.2 Å². The molecule has 2 N–H and O–H groups in total. The van der Waals surface area contributed by atoms with E-state index in [1.54, 1.807) is 0 Å². The summed E-state index contributed by atoms with van der Waals surface area (Å²) in [5.74, 6) is 0.272. The van der Waals surface area contributed by atoms with Crippen LogP contribution in [-0.2, 0) is 11.9 Å². The molecule has 0 aliphatic carbocycles. The molecule has 28 heavy (non-hydrogen) atoms. The number of alkyl halides is 3. The van der Waals surface area contributed by atoms with E-state index in [0.29, 0.717) is 11.1 Å². The number of benzene rings is 2. The Morgan fingerprint density at radius 1 is 1.18 bits per heavy atom. The molecule has 0 saturated heterocycles. The quantitative estimate of drug-likeness (QED) is 0.364. The van der Waals surface area contributed by atoms with Crippen molar-refractivity contribution in [2.24, 2.45) is 10.7 Å². The maximum atomic E-state index is 13.1.